The number of hydrogen-bond acceptors (Lipinski definition) is 5. The van der Waals surface area contributed by atoms with Crippen LogP contribution in [-0.4, -0.2) is 60.8 Å². The van der Waals surface area contributed by atoms with Crippen LogP contribution in [0, 0.1) is 0 Å². The minimum absolute atomic E-state index is 0.223. The third-order valence-electron chi connectivity index (χ3n) is 2.77. The Bertz CT molecular complexity index is 266. The molecule has 0 aromatic carbocycles. The van der Waals surface area contributed by atoms with E-state index in [0.29, 0.717) is 13.2 Å². The quantitative estimate of drug-likeness (QED) is 0.760. The topological polar surface area (TPSA) is 68.0 Å². The summed E-state index contributed by atoms with van der Waals surface area (Å²) in [6, 6.07) is 0. The molecule has 1 fully saturated rings. The first-order chi connectivity index (χ1) is 8.42. The highest BCUT2D eigenvalue weighted by atomic mass is 16.6. The van der Waals surface area contributed by atoms with E-state index in [2.05, 4.69) is 9.74 Å². The Balaban J connectivity index is 2.39. The summed E-state index contributed by atoms with van der Waals surface area (Å²) < 4.78 is 5.37. The Hall–Kier alpha value is -0.850. The molecule has 18 heavy (non-hydrogen) atoms. The molecule has 2 N–H and O–H groups in total. The summed E-state index contributed by atoms with van der Waals surface area (Å²) in [6.45, 7) is 10.2. The van der Waals surface area contributed by atoms with Crippen molar-refractivity contribution < 1.29 is 14.4 Å². The zero-order valence-corrected chi connectivity index (χ0v) is 11.6. The van der Waals surface area contributed by atoms with Gasteiger partial charge in [-0.3, -0.25) is 4.90 Å². The predicted octanol–water partition coefficient (Wildman–Crippen LogP) is 0.820. The van der Waals surface area contributed by atoms with Crippen LogP contribution in [0.1, 0.15) is 27.2 Å². The lowest BCUT2D eigenvalue weighted by atomic mass is 10.2. The van der Waals surface area contributed by atoms with Crippen molar-refractivity contribution in [1.82, 2.24) is 9.80 Å². The van der Waals surface area contributed by atoms with E-state index in [1.165, 1.54) is 0 Å². The molecule has 1 amide bonds. The van der Waals surface area contributed by atoms with Crippen LogP contribution in [0.5, 0.6) is 0 Å². The Morgan fingerprint density at radius 1 is 1.22 bits per heavy atom. The number of nitrogens with two attached hydrogens (primary N) is 1. The molecule has 1 aliphatic rings. The lowest BCUT2D eigenvalue weighted by Crippen LogP contribution is -2.39. The van der Waals surface area contributed by atoms with Crippen molar-refractivity contribution >= 4 is 6.09 Å². The molecule has 1 saturated heterocycles. The molecule has 0 saturated carbocycles. The average molecular weight is 259 g/mol. The van der Waals surface area contributed by atoms with E-state index in [-0.39, 0.29) is 6.09 Å². The van der Waals surface area contributed by atoms with Gasteiger partial charge in [-0.05, 0) is 33.7 Å². The maximum atomic E-state index is 11.9. The summed E-state index contributed by atoms with van der Waals surface area (Å²) in [5.41, 5.74) is -0.434. The molecule has 1 aliphatic heterocycles. The van der Waals surface area contributed by atoms with Crippen molar-refractivity contribution in [3.63, 3.8) is 0 Å². The highest BCUT2D eigenvalue weighted by molar-refractivity contribution is 5.68. The fraction of sp³-hybridized carbons (Fsp3) is 0.917. The number of ether oxygens (including phenoxy) is 1. The van der Waals surface area contributed by atoms with Crippen LogP contribution in [0.2, 0.25) is 0 Å². The van der Waals surface area contributed by atoms with Crippen LogP contribution in [0.15, 0.2) is 0 Å². The Morgan fingerprint density at radius 2 is 1.94 bits per heavy atom. The summed E-state index contributed by atoms with van der Waals surface area (Å²) in [5, 5.41) is 0. The summed E-state index contributed by atoms with van der Waals surface area (Å²) in [6.07, 6.45) is 0.725. The minimum atomic E-state index is -0.434. The summed E-state index contributed by atoms with van der Waals surface area (Å²) in [4.78, 5) is 20.5. The summed E-state index contributed by atoms with van der Waals surface area (Å²) in [5.74, 6) is 5.02. The van der Waals surface area contributed by atoms with E-state index < -0.39 is 5.60 Å². The largest absolute Gasteiger partial charge is 0.444 e. The number of nitrogens with zero attached hydrogens (tertiary/aromatic N) is 2. The van der Waals surface area contributed by atoms with Gasteiger partial charge < -0.3 is 14.5 Å². The lowest BCUT2D eigenvalue weighted by molar-refractivity contribution is 0.0256. The van der Waals surface area contributed by atoms with E-state index in [4.69, 9.17) is 10.6 Å². The SMILES string of the molecule is CC(C)(C)OC(=O)N1CCCN(CCON)CC1. The molecule has 0 spiro atoms. The van der Waals surface area contributed by atoms with E-state index in [9.17, 15) is 4.79 Å². The fourth-order valence-electron chi connectivity index (χ4n) is 1.89. The molecule has 6 nitrogen and oxygen atoms in total. The van der Waals surface area contributed by atoms with Crippen LogP contribution >= 0.6 is 0 Å². The Morgan fingerprint density at radius 3 is 2.56 bits per heavy atom. The Labute approximate surface area is 109 Å². The van der Waals surface area contributed by atoms with Gasteiger partial charge in [-0.1, -0.05) is 0 Å². The van der Waals surface area contributed by atoms with Gasteiger partial charge in [0.15, 0.2) is 0 Å². The zero-order valence-electron chi connectivity index (χ0n) is 11.6. The van der Waals surface area contributed by atoms with Crippen molar-refractivity contribution in [3.8, 4) is 0 Å². The van der Waals surface area contributed by atoms with Gasteiger partial charge in [0.05, 0.1) is 6.61 Å². The number of hydrogen-bond donors (Lipinski definition) is 1. The van der Waals surface area contributed by atoms with E-state index in [1.54, 1.807) is 4.90 Å². The summed E-state index contributed by atoms with van der Waals surface area (Å²) in [7, 11) is 0. The van der Waals surface area contributed by atoms with Gasteiger partial charge in [-0.25, -0.2) is 10.7 Å². The molecule has 0 aromatic heterocycles. The predicted molar refractivity (Wildman–Crippen MR) is 69.0 cm³/mol. The van der Waals surface area contributed by atoms with Crippen molar-refractivity contribution in [2.24, 2.45) is 5.90 Å². The lowest BCUT2D eigenvalue weighted by Gasteiger charge is -2.26. The van der Waals surface area contributed by atoms with Gasteiger partial charge >= 0.3 is 6.09 Å². The first-order valence-electron chi connectivity index (χ1n) is 6.44. The monoisotopic (exact) mass is 259 g/mol. The molecule has 106 valence electrons. The van der Waals surface area contributed by atoms with Crippen LogP contribution in [0.3, 0.4) is 0 Å². The maximum absolute atomic E-state index is 11.9. The first kappa shape index (κ1) is 15.2. The van der Waals surface area contributed by atoms with Gasteiger partial charge in [0.25, 0.3) is 0 Å². The molecule has 1 rings (SSSR count). The molecule has 0 aliphatic carbocycles. The molecule has 0 unspecified atom stereocenters. The van der Waals surface area contributed by atoms with Crippen LogP contribution in [0.4, 0.5) is 4.79 Å². The average Bonchev–Trinajstić information content (AvgIpc) is 2.49. The standard InChI is InChI=1S/C12H25N3O3/c1-12(2,3)18-11(16)15-6-4-5-14(7-8-15)9-10-17-13/h4-10,13H2,1-3H3. The van der Waals surface area contributed by atoms with Gasteiger partial charge in [-0.2, -0.15) is 0 Å². The highest BCUT2D eigenvalue weighted by Gasteiger charge is 2.24. The molecule has 0 atom stereocenters. The van der Waals surface area contributed by atoms with Crippen molar-refractivity contribution in [2.75, 3.05) is 39.3 Å². The van der Waals surface area contributed by atoms with Crippen LogP contribution < -0.4 is 5.90 Å². The number of carbonyl (C=O) groups is 1. The fourth-order valence-corrected chi connectivity index (χ4v) is 1.89. The van der Waals surface area contributed by atoms with Crippen molar-refractivity contribution in [2.45, 2.75) is 32.8 Å². The third kappa shape index (κ3) is 5.66. The van der Waals surface area contributed by atoms with E-state index in [1.807, 2.05) is 20.8 Å². The first-order valence-corrected chi connectivity index (χ1v) is 6.44. The maximum Gasteiger partial charge on any atom is 0.410 e. The molecule has 0 bridgehead atoms. The van der Waals surface area contributed by atoms with E-state index >= 15 is 0 Å². The van der Waals surface area contributed by atoms with Crippen molar-refractivity contribution in [1.29, 1.82) is 0 Å². The minimum Gasteiger partial charge on any atom is -0.444 e. The van der Waals surface area contributed by atoms with Gasteiger partial charge in [-0.15, -0.1) is 0 Å². The molecule has 0 aromatic rings. The van der Waals surface area contributed by atoms with Gasteiger partial charge in [0.2, 0.25) is 0 Å². The summed E-state index contributed by atoms with van der Waals surface area (Å²) >= 11 is 0. The smallest absolute Gasteiger partial charge is 0.410 e. The number of carbonyl (C=O) groups excluding carboxylic acids is 1. The van der Waals surface area contributed by atoms with E-state index in [0.717, 1.165) is 32.6 Å². The number of amides is 1. The zero-order chi connectivity index (χ0) is 13.6. The normalized spacial score (nSPS) is 18.6. The second kappa shape index (κ2) is 6.92. The molecule has 1 heterocycles. The van der Waals surface area contributed by atoms with Crippen molar-refractivity contribution in [3.05, 3.63) is 0 Å². The highest BCUT2D eigenvalue weighted by Crippen LogP contribution is 2.11. The third-order valence-corrected chi connectivity index (χ3v) is 2.77. The number of rotatable bonds is 3. The molecular weight excluding hydrogens is 234 g/mol. The molecular formula is C12H25N3O3. The van der Waals surface area contributed by atoms with Crippen LogP contribution in [-0.2, 0) is 9.57 Å². The second-order valence-electron chi connectivity index (χ2n) is 5.53. The molecule has 6 heteroatoms. The second-order valence-corrected chi connectivity index (χ2v) is 5.53. The van der Waals surface area contributed by atoms with Gasteiger partial charge in [0.1, 0.15) is 5.60 Å². The van der Waals surface area contributed by atoms with Crippen LogP contribution in [0.25, 0.3) is 0 Å². The van der Waals surface area contributed by atoms with Gasteiger partial charge in [0, 0.05) is 26.2 Å². The molecule has 0 radical (unpaired) electrons. The Kier molecular flexibility index (Phi) is 5.84.